The van der Waals surface area contributed by atoms with Crippen LogP contribution in [0.5, 0.6) is 11.5 Å². The SMILES string of the molecule is CC(N)Cc1c(Cl)cccc1OCCOc1ccccc1. The van der Waals surface area contributed by atoms with Crippen LogP contribution in [0.15, 0.2) is 48.5 Å². The van der Waals surface area contributed by atoms with Gasteiger partial charge in [0.05, 0.1) is 0 Å². The van der Waals surface area contributed by atoms with Crippen molar-refractivity contribution in [2.75, 3.05) is 13.2 Å². The fourth-order valence-electron chi connectivity index (χ4n) is 2.02. The molecule has 0 heterocycles. The minimum absolute atomic E-state index is 0.0350. The molecule has 0 amide bonds. The van der Waals surface area contributed by atoms with Crippen molar-refractivity contribution >= 4 is 11.6 Å². The third-order valence-electron chi connectivity index (χ3n) is 2.95. The zero-order valence-electron chi connectivity index (χ0n) is 12.1. The average Bonchev–Trinajstić information content (AvgIpc) is 2.47. The molecule has 0 spiro atoms. The van der Waals surface area contributed by atoms with Gasteiger partial charge in [-0.05, 0) is 37.6 Å². The van der Waals surface area contributed by atoms with Crippen LogP contribution in [-0.4, -0.2) is 19.3 Å². The Labute approximate surface area is 130 Å². The number of hydrogen-bond acceptors (Lipinski definition) is 3. The molecule has 2 aromatic carbocycles. The number of ether oxygens (including phenoxy) is 2. The van der Waals surface area contributed by atoms with E-state index < -0.39 is 0 Å². The van der Waals surface area contributed by atoms with Crippen LogP contribution in [0.3, 0.4) is 0 Å². The number of rotatable bonds is 7. The summed E-state index contributed by atoms with van der Waals surface area (Å²) in [6.07, 6.45) is 0.689. The molecule has 112 valence electrons. The van der Waals surface area contributed by atoms with Crippen molar-refractivity contribution in [1.29, 1.82) is 0 Å². The highest BCUT2D eigenvalue weighted by Crippen LogP contribution is 2.27. The van der Waals surface area contributed by atoms with Crippen molar-refractivity contribution in [2.24, 2.45) is 5.73 Å². The number of nitrogens with two attached hydrogens (primary N) is 1. The van der Waals surface area contributed by atoms with Crippen LogP contribution in [0.2, 0.25) is 5.02 Å². The molecule has 21 heavy (non-hydrogen) atoms. The molecule has 0 aliphatic heterocycles. The van der Waals surface area contributed by atoms with E-state index in [0.717, 1.165) is 17.1 Å². The summed E-state index contributed by atoms with van der Waals surface area (Å²) in [7, 11) is 0. The first-order chi connectivity index (χ1) is 10.2. The van der Waals surface area contributed by atoms with Crippen LogP contribution in [0.1, 0.15) is 12.5 Å². The largest absolute Gasteiger partial charge is 0.490 e. The van der Waals surface area contributed by atoms with E-state index in [1.54, 1.807) is 0 Å². The van der Waals surface area contributed by atoms with Crippen molar-refractivity contribution < 1.29 is 9.47 Å². The summed E-state index contributed by atoms with van der Waals surface area (Å²) < 4.78 is 11.4. The van der Waals surface area contributed by atoms with Gasteiger partial charge in [0.15, 0.2) is 0 Å². The maximum atomic E-state index is 6.22. The molecule has 0 radical (unpaired) electrons. The van der Waals surface area contributed by atoms with Gasteiger partial charge >= 0.3 is 0 Å². The second kappa shape index (κ2) is 7.91. The van der Waals surface area contributed by atoms with Gasteiger partial charge in [-0.1, -0.05) is 35.9 Å². The lowest BCUT2D eigenvalue weighted by molar-refractivity contribution is 0.216. The minimum Gasteiger partial charge on any atom is -0.490 e. The number of para-hydroxylation sites is 1. The lowest BCUT2D eigenvalue weighted by Crippen LogP contribution is -2.19. The van der Waals surface area contributed by atoms with E-state index >= 15 is 0 Å². The Bertz CT molecular complexity index is 558. The first-order valence-electron chi connectivity index (χ1n) is 7.00. The Kier molecular flexibility index (Phi) is 5.90. The lowest BCUT2D eigenvalue weighted by Gasteiger charge is -2.15. The van der Waals surface area contributed by atoms with Gasteiger partial charge in [0, 0.05) is 16.6 Å². The van der Waals surface area contributed by atoms with Crippen LogP contribution >= 0.6 is 11.6 Å². The molecule has 0 fully saturated rings. The molecule has 0 saturated carbocycles. The summed E-state index contributed by atoms with van der Waals surface area (Å²) in [5.41, 5.74) is 6.81. The number of hydrogen-bond donors (Lipinski definition) is 1. The number of halogens is 1. The molecule has 1 atom stereocenters. The summed E-state index contributed by atoms with van der Waals surface area (Å²) in [6.45, 7) is 2.89. The molecule has 0 aliphatic carbocycles. The van der Waals surface area contributed by atoms with Gasteiger partial charge < -0.3 is 15.2 Å². The van der Waals surface area contributed by atoms with Gasteiger partial charge in [-0.3, -0.25) is 0 Å². The third kappa shape index (κ3) is 4.96. The smallest absolute Gasteiger partial charge is 0.124 e. The zero-order valence-corrected chi connectivity index (χ0v) is 12.8. The van der Waals surface area contributed by atoms with Gasteiger partial charge in [-0.25, -0.2) is 0 Å². The predicted molar refractivity (Wildman–Crippen MR) is 86.2 cm³/mol. The Morgan fingerprint density at radius 3 is 2.43 bits per heavy atom. The standard InChI is InChI=1S/C17H20ClNO2/c1-13(19)12-15-16(18)8-5-9-17(15)21-11-10-20-14-6-3-2-4-7-14/h2-9,13H,10-12,19H2,1H3. The molecule has 4 heteroatoms. The Balaban J connectivity index is 1.89. The summed E-state index contributed by atoms with van der Waals surface area (Å²) >= 11 is 6.22. The molecule has 2 aromatic rings. The van der Waals surface area contributed by atoms with Crippen LogP contribution in [0, 0.1) is 0 Å². The Hall–Kier alpha value is -1.71. The fraction of sp³-hybridized carbons (Fsp3) is 0.294. The maximum absolute atomic E-state index is 6.22. The quantitative estimate of drug-likeness (QED) is 0.794. The van der Waals surface area contributed by atoms with E-state index in [9.17, 15) is 0 Å². The van der Waals surface area contributed by atoms with Crippen LogP contribution in [0.25, 0.3) is 0 Å². The van der Waals surface area contributed by atoms with Gasteiger partial charge in [0.25, 0.3) is 0 Å². The normalized spacial score (nSPS) is 12.0. The number of benzene rings is 2. The van der Waals surface area contributed by atoms with Crippen molar-refractivity contribution in [3.8, 4) is 11.5 Å². The van der Waals surface area contributed by atoms with Crippen molar-refractivity contribution in [3.05, 3.63) is 59.1 Å². The Morgan fingerprint density at radius 2 is 1.71 bits per heavy atom. The second-order valence-electron chi connectivity index (χ2n) is 4.91. The molecule has 0 saturated heterocycles. The highest BCUT2D eigenvalue weighted by Gasteiger charge is 2.10. The van der Waals surface area contributed by atoms with E-state index in [1.807, 2.05) is 55.5 Å². The molecular weight excluding hydrogens is 286 g/mol. The van der Waals surface area contributed by atoms with E-state index in [2.05, 4.69) is 0 Å². The van der Waals surface area contributed by atoms with Crippen LogP contribution < -0.4 is 15.2 Å². The zero-order chi connectivity index (χ0) is 15.1. The van der Waals surface area contributed by atoms with Gasteiger partial charge in [0.2, 0.25) is 0 Å². The lowest BCUT2D eigenvalue weighted by atomic mass is 10.1. The first kappa shape index (κ1) is 15.7. The van der Waals surface area contributed by atoms with Crippen LogP contribution in [-0.2, 0) is 6.42 Å². The molecule has 1 unspecified atom stereocenters. The molecule has 3 nitrogen and oxygen atoms in total. The van der Waals surface area contributed by atoms with Crippen molar-refractivity contribution in [2.45, 2.75) is 19.4 Å². The maximum Gasteiger partial charge on any atom is 0.124 e. The van der Waals surface area contributed by atoms with Gasteiger partial charge in [-0.2, -0.15) is 0 Å². The second-order valence-corrected chi connectivity index (χ2v) is 5.32. The first-order valence-corrected chi connectivity index (χ1v) is 7.38. The van der Waals surface area contributed by atoms with E-state index in [4.69, 9.17) is 26.8 Å². The highest BCUT2D eigenvalue weighted by molar-refractivity contribution is 6.31. The summed E-state index contributed by atoms with van der Waals surface area (Å²) in [5, 5.41) is 0.689. The summed E-state index contributed by atoms with van der Waals surface area (Å²) in [6, 6.07) is 15.3. The molecule has 0 aromatic heterocycles. The average molecular weight is 306 g/mol. The summed E-state index contributed by atoms with van der Waals surface area (Å²) in [5.74, 6) is 1.61. The van der Waals surface area contributed by atoms with Gasteiger partial charge in [-0.15, -0.1) is 0 Å². The summed E-state index contributed by atoms with van der Waals surface area (Å²) in [4.78, 5) is 0. The molecule has 2 N–H and O–H groups in total. The molecule has 0 bridgehead atoms. The highest BCUT2D eigenvalue weighted by atomic mass is 35.5. The van der Waals surface area contributed by atoms with E-state index in [-0.39, 0.29) is 6.04 Å². The predicted octanol–water partition coefficient (Wildman–Crippen LogP) is 3.69. The van der Waals surface area contributed by atoms with Gasteiger partial charge in [0.1, 0.15) is 24.7 Å². The van der Waals surface area contributed by atoms with Crippen molar-refractivity contribution in [3.63, 3.8) is 0 Å². The minimum atomic E-state index is 0.0350. The van der Waals surface area contributed by atoms with E-state index in [0.29, 0.717) is 24.7 Å². The third-order valence-corrected chi connectivity index (χ3v) is 3.31. The monoisotopic (exact) mass is 305 g/mol. The molecule has 0 aliphatic rings. The van der Waals surface area contributed by atoms with Crippen LogP contribution in [0.4, 0.5) is 0 Å². The fourth-order valence-corrected chi connectivity index (χ4v) is 2.27. The molecular formula is C17H20ClNO2. The van der Waals surface area contributed by atoms with Crippen molar-refractivity contribution in [1.82, 2.24) is 0 Å². The Morgan fingerprint density at radius 1 is 1.00 bits per heavy atom. The molecule has 2 rings (SSSR count). The topological polar surface area (TPSA) is 44.5 Å². The van der Waals surface area contributed by atoms with E-state index in [1.165, 1.54) is 0 Å².